The molecule has 0 saturated carbocycles. The molecule has 8 heteroatoms. The molecule has 0 spiro atoms. The zero-order valence-electron chi connectivity index (χ0n) is 9.93. The number of amidine groups is 1. The molecule has 1 amide bonds. The van der Waals surface area contributed by atoms with E-state index in [2.05, 4.69) is 26.4 Å². The summed E-state index contributed by atoms with van der Waals surface area (Å²) in [7, 11) is 0. The second-order valence-corrected chi connectivity index (χ2v) is 4.43. The Morgan fingerprint density at radius 1 is 1.45 bits per heavy atom. The highest BCUT2D eigenvalue weighted by Gasteiger charge is 2.18. The fraction of sp³-hybridized carbons (Fsp3) is 0. The highest BCUT2D eigenvalue weighted by molar-refractivity contribution is 9.10. The average Bonchev–Trinajstić information content (AvgIpc) is 2.84. The number of nitrogens with two attached hydrogens (primary N) is 1. The van der Waals surface area contributed by atoms with Gasteiger partial charge in [-0.15, -0.1) is 0 Å². The van der Waals surface area contributed by atoms with Crippen LogP contribution in [0.5, 0.6) is 0 Å². The molecule has 0 atom stereocenters. The Morgan fingerprint density at radius 2 is 2.20 bits per heavy atom. The molecule has 0 radical (unpaired) electrons. The monoisotopic (exact) mass is 341 g/mol. The fourth-order valence-electron chi connectivity index (χ4n) is 1.58. The van der Waals surface area contributed by atoms with E-state index < -0.39 is 17.6 Å². The first kappa shape index (κ1) is 14.1. The molecule has 0 saturated heterocycles. The van der Waals surface area contributed by atoms with E-state index in [1.165, 1.54) is 24.5 Å². The van der Waals surface area contributed by atoms with Crippen molar-refractivity contribution in [1.82, 2.24) is 0 Å². The third kappa shape index (κ3) is 2.64. The molecule has 20 heavy (non-hydrogen) atoms. The first-order chi connectivity index (χ1) is 9.54. The third-order valence-electron chi connectivity index (χ3n) is 2.49. The van der Waals surface area contributed by atoms with E-state index in [1.54, 1.807) is 0 Å². The lowest BCUT2D eigenvalue weighted by Gasteiger charge is -2.10. The molecule has 1 aromatic carbocycles. The summed E-state index contributed by atoms with van der Waals surface area (Å²) in [4.78, 5) is 12.0. The summed E-state index contributed by atoms with van der Waals surface area (Å²) in [5.74, 6) is -1.68. The van der Waals surface area contributed by atoms with E-state index in [4.69, 9.17) is 15.4 Å². The Hall–Kier alpha value is -2.35. The molecule has 2 rings (SSSR count). The molecule has 1 heterocycles. The van der Waals surface area contributed by atoms with E-state index in [-0.39, 0.29) is 21.5 Å². The number of amides is 1. The lowest BCUT2D eigenvalue weighted by atomic mass is 10.1. The van der Waals surface area contributed by atoms with Crippen molar-refractivity contribution in [3.63, 3.8) is 0 Å². The number of benzene rings is 1. The van der Waals surface area contributed by atoms with Crippen LogP contribution in [0.2, 0.25) is 0 Å². The van der Waals surface area contributed by atoms with Crippen LogP contribution in [0.1, 0.15) is 15.9 Å². The first-order valence-electron chi connectivity index (χ1n) is 5.35. The van der Waals surface area contributed by atoms with Crippen molar-refractivity contribution < 1.29 is 18.8 Å². The second-order valence-electron chi connectivity index (χ2n) is 3.71. The number of oxime groups is 1. The third-order valence-corrected chi connectivity index (χ3v) is 3.10. The number of hydrogen-bond acceptors (Lipinski definition) is 4. The minimum atomic E-state index is -0.718. The number of carbonyl (C=O) groups is 1. The van der Waals surface area contributed by atoms with Crippen LogP contribution in [0.25, 0.3) is 0 Å². The Labute approximate surface area is 121 Å². The van der Waals surface area contributed by atoms with Crippen LogP contribution < -0.4 is 11.1 Å². The molecular weight excluding hydrogens is 333 g/mol. The molecule has 0 aliphatic heterocycles. The molecule has 1 aromatic heterocycles. The van der Waals surface area contributed by atoms with E-state index in [1.807, 2.05) is 0 Å². The Kier molecular flexibility index (Phi) is 4.04. The van der Waals surface area contributed by atoms with Gasteiger partial charge in [-0.25, -0.2) is 4.39 Å². The zero-order valence-corrected chi connectivity index (χ0v) is 11.5. The minimum Gasteiger partial charge on any atom is -0.457 e. The van der Waals surface area contributed by atoms with Crippen LogP contribution >= 0.6 is 15.9 Å². The van der Waals surface area contributed by atoms with Crippen molar-refractivity contribution in [2.24, 2.45) is 10.9 Å². The first-order valence-corrected chi connectivity index (χ1v) is 6.14. The molecule has 0 fully saturated rings. The quantitative estimate of drug-likeness (QED) is 0.345. The maximum Gasteiger partial charge on any atom is 0.260 e. The normalized spacial score (nSPS) is 11.4. The number of rotatable bonds is 3. The summed E-state index contributed by atoms with van der Waals surface area (Å²) in [5.41, 5.74) is 5.53. The Morgan fingerprint density at radius 3 is 2.80 bits per heavy atom. The van der Waals surface area contributed by atoms with E-state index in [0.717, 1.165) is 6.07 Å². The van der Waals surface area contributed by atoms with Crippen molar-refractivity contribution in [1.29, 1.82) is 0 Å². The number of furan rings is 1. The van der Waals surface area contributed by atoms with E-state index >= 15 is 0 Å². The predicted molar refractivity (Wildman–Crippen MR) is 73.3 cm³/mol. The number of nitrogens with zero attached hydrogens (tertiary/aromatic N) is 1. The summed E-state index contributed by atoms with van der Waals surface area (Å²) in [6.45, 7) is 0. The van der Waals surface area contributed by atoms with Gasteiger partial charge in [0.05, 0.1) is 23.1 Å². The number of hydrogen-bond donors (Lipinski definition) is 3. The average molecular weight is 342 g/mol. The highest BCUT2D eigenvalue weighted by atomic mass is 79.9. The van der Waals surface area contributed by atoms with E-state index in [9.17, 15) is 9.18 Å². The topological polar surface area (TPSA) is 101 Å². The number of carbonyl (C=O) groups excluding carboxylic acids is 1. The van der Waals surface area contributed by atoms with Crippen molar-refractivity contribution in [3.8, 4) is 0 Å². The van der Waals surface area contributed by atoms with Gasteiger partial charge >= 0.3 is 0 Å². The summed E-state index contributed by atoms with van der Waals surface area (Å²) in [5, 5.41) is 13.9. The SMILES string of the molecule is N/C(=N/O)c1c(F)cccc1NC(=O)c1ccoc1Br. The largest absolute Gasteiger partial charge is 0.457 e. The molecule has 104 valence electrons. The zero-order chi connectivity index (χ0) is 14.7. The fourth-order valence-corrected chi connectivity index (χ4v) is 2.00. The molecule has 4 N–H and O–H groups in total. The maximum absolute atomic E-state index is 13.7. The molecule has 0 bridgehead atoms. The molecular formula is C12H9BrFN3O3. The van der Waals surface area contributed by atoms with Gasteiger partial charge < -0.3 is 20.7 Å². The van der Waals surface area contributed by atoms with Crippen LogP contribution in [0.15, 0.2) is 44.8 Å². The Bertz CT molecular complexity index is 684. The standard InChI is InChI=1S/C12H9BrFN3O3/c13-10-6(4-5-20-10)12(18)16-8-3-1-2-7(14)9(8)11(15)17-19/h1-5,19H,(H2,15,17)(H,16,18). The van der Waals surface area contributed by atoms with Gasteiger partial charge in [-0.05, 0) is 34.1 Å². The van der Waals surface area contributed by atoms with Gasteiger partial charge in [-0.2, -0.15) is 0 Å². The smallest absolute Gasteiger partial charge is 0.260 e. The van der Waals surface area contributed by atoms with Gasteiger partial charge in [0.2, 0.25) is 0 Å². The van der Waals surface area contributed by atoms with Crippen molar-refractivity contribution in [2.75, 3.05) is 5.32 Å². The molecule has 0 aliphatic rings. The van der Waals surface area contributed by atoms with Crippen LogP contribution in [0.3, 0.4) is 0 Å². The van der Waals surface area contributed by atoms with Gasteiger partial charge in [0, 0.05) is 0 Å². The summed E-state index contributed by atoms with van der Waals surface area (Å²) >= 11 is 3.07. The van der Waals surface area contributed by atoms with Gasteiger partial charge in [0.15, 0.2) is 10.5 Å². The summed E-state index contributed by atoms with van der Waals surface area (Å²) in [6, 6.07) is 5.41. The molecule has 6 nitrogen and oxygen atoms in total. The summed E-state index contributed by atoms with van der Waals surface area (Å²) < 4.78 is 18.9. The summed E-state index contributed by atoms with van der Waals surface area (Å²) in [6.07, 6.45) is 1.33. The van der Waals surface area contributed by atoms with Crippen LogP contribution in [-0.4, -0.2) is 17.0 Å². The Balaban J connectivity index is 2.38. The lowest BCUT2D eigenvalue weighted by molar-refractivity contribution is 0.102. The number of anilines is 1. The minimum absolute atomic E-state index is 0.0819. The lowest BCUT2D eigenvalue weighted by Crippen LogP contribution is -2.20. The maximum atomic E-state index is 13.7. The van der Waals surface area contributed by atoms with Gasteiger partial charge in [-0.3, -0.25) is 4.79 Å². The highest BCUT2D eigenvalue weighted by Crippen LogP contribution is 2.22. The van der Waals surface area contributed by atoms with Crippen molar-refractivity contribution in [3.05, 3.63) is 52.1 Å². The molecule has 0 unspecified atom stereocenters. The predicted octanol–water partition coefficient (Wildman–Crippen LogP) is 2.53. The van der Waals surface area contributed by atoms with Gasteiger partial charge in [0.25, 0.3) is 5.91 Å². The van der Waals surface area contributed by atoms with Gasteiger partial charge in [0.1, 0.15) is 5.82 Å². The molecule has 0 aliphatic carbocycles. The number of nitrogens with one attached hydrogen (secondary N) is 1. The molecule has 2 aromatic rings. The number of halogens is 2. The van der Waals surface area contributed by atoms with Crippen LogP contribution in [0, 0.1) is 5.82 Å². The second kappa shape index (κ2) is 5.74. The van der Waals surface area contributed by atoms with Crippen molar-refractivity contribution >= 4 is 33.4 Å². The van der Waals surface area contributed by atoms with Crippen LogP contribution in [-0.2, 0) is 0 Å². The van der Waals surface area contributed by atoms with E-state index in [0.29, 0.717) is 0 Å². The van der Waals surface area contributed by atoms with Crippen LogP contribution in [0.4, 0.5) is 10.1 Å². The van der Waals surface area contributed by atoms with Gasteiger partial charge in [-0.1, -0.05) is 11.2 Å². The van der Waals surface area contributed by atoms with Crippen molar-refractivity contribution in [2.45, 2.75) is 0 Å².